The van der Waals surface area contributed by atoms with E-state index >= 15 is 0 Å². The highest BCUT2D eigenvalue weighted by molar-refractivity contribution is 7.17. The van der Waals surface area contributed by atoms with Crippen LogP contribution in [0.5, 0.6) is 0 Å². The van der Waals surface area contributed by atoms with Crippen molar-refractivity contribution in [3.8, 4) is 0 Å². The molecule has 0 spiro atoms. The molecule has 1 nitrogen and oxygen atoms in total. The third-order valence-corrected chi connectivity index (χ3v) is 4.90. The quantitative estimate of drug-likeness (QED) is 0.625. The fraction of sp³-hybridized carbons (Fsp3) is 0.263. The van der Waals surface area contributed by atoms with Crippen LogP contribution in [-0.4, -0.2) is 0 Å². The number of thiophene rings is 1. The minimum atomic E-state index is 0.307. The number of rotatable bonds is 3. The number of anilines is 1. The van der Waals surface area contributed by atoms with Crippen molar-refractivity contribution < 1.29 is 0 Å². The number of aryl methyl sites for hydroxylation is 3. The van der Waals surface area contributed by atoms with Gasteiger partial charge in [0.05, 0.1) is 0 Å². The predicted octanol–water partition coefficient (Wildman–Crippen LogP) is 6.00. The molecule has 3 aromatic rings. The SMILES string of the molecule is Cc1cc(C)c(C(C)Nc2ccc3sccc3c2)c(C)c1. The summed E-state index contributed by atoms with van der Waals surface area (Å²) in [5.41, 5.74) is 6.66. The molecule has 2 heteroatoms. The van der Waals surface area contributed by atoms with Crippen LogP contribution in [0.2, 0.25) is 0 Å². The first kappa shape index (κ1) is 14.2. The minimum Gasteiger partial charge on any atom is -0.378 e. The molecule has 0 bridgehead atoms. The lowest BCUT2D eigenvalue weighted by Gasteiger charge is -2.21. The van der Waals surface area contributed by atoms with E-state index in [4.69, 9.17) is 0 Å². The topological polar surface area (TPSA) is 12.0 Å². The van der Waals surface area contributed by atoms with Crippen molar-refractivity contribution in [1.29, 1.82) is 0 Å². The summed E-state index contributed by atoms with van der Waals surface area (Å²) in [5, 5.41) is 7.11. The van der Waals surface area contributed by atoms with E-state index in [1.54, 1.807) is 11.3 Å². The van der Waals surface area contributed by atoms with E-state index in [1.165, 1.54) is 38.0 Å². The monoisotopic (exact) mass is 295 g/mol. The van der Waals surface area contributed by atoms with Crippen LogP contribution in [0.15, 0.2) is 41.8 Å². The van der Waals surface area contributed by atoms with Crippen molar-refractivity contribution in [1.82, 2.24) is 0 Å². The van der Waals surface area contributed by atoms with E-state index in [0.717, 1.165) is 0 Å². The van der Waals surface area contributed by atoms with Gasteiger partial charge in [-0.3, -0.25) is 0 Å². The van der Waals surface area contributed by atoms with E-state index < -0.39 is 0 Å². The first-order valence-corrected chi connectivity index (χ1v) is 8.24. The molecule has 0 amide bonds. The Labute approximate surface area is 130 Å². The molecule has 21 heavy (non-hydrogen) atoms. The first-order valence-electron chi connectivity index (χ1n) is 7.36. The van der Waals surface area contributed by atoms with Crippen molar-refractivity contribution in [3.63, 3.8) is 0 Å². The average Bonchev–Trinajstić information content (AvgIpc) is 2.84. The van der Waals surface area contributed by atoms with Gasteiger partial charge in [0, 0.05) is 16.4 Å². The number of hydrogen-bond donors (Lipinski definition) is 1. The van der Waals surface area contributed by atoms with Crippen molar-refractivity contribution in [3.05, 3.63) is 64.0 Å². The minimum absolute atomic E-state index is 0.307. The zero-order chi connectivity index (χ0) is 15.0. The fourth-order valence-electron chi connectivity index (χ4n) is 3.25. The highest BCUT2D eigenvalue weighted by Crippen LogP contribution is 2.29. The van der Waals surface area contributed by atoms with E-state index in [-0.39, 0.29) is 0 Å². The third-order valence-electron chi connectivity index (χ3n) is 4.01. The standard InChI is InChI=1S/C19H21NS/c1-12-9-13(2)19(14(3)10-12)15(4)20-17-5-6-18-16(11-17)7-8-21-18/h5-11,15,20H,1-4H3. The maximum absolute atomic E-state index is 3.65. The van der Waals surface area contributed by atoms with Crippen LogP contribution in [0.25, 0.3) is 10.1 Å². The number of benzene rings is 2. The predicted molar refractivity (Wildman–Crippen MR) is 94.5 cm³/mol. The molecule has 0 fully saturated rings. The molecular formula is C19H21NS. The summed E-state index contributed by atoms with van der Waals surface area (Å²) in [6, 6.07) is 13.6. The van der Waals surface area contributed by atoms with Gasteiger partial charge in [0.15, 0.2) is 0 Å². The van der Waals surface area contributed by atoms with Gasteiger partial charge in [-0.25, -0.2) is 0 Å². The van der Waals surface area contributed by atoms with Gasteiger partial charge in [0.2, 0.25) is 0 Å². The van der Waals surface area contributed by atoms with Gasteiger partial charge in [0.1, 0.15) is 0 Å². The number of fused-ring (bicyclic) bond motifs is 1. The summed E-state index contributed by atoms with van der Waals surface area (Å²) >= 11 is 1.79. The molecule has 108 valence electrons. The zero-order valence-electron chi connectivity index (χ0n) is 13.0. The number of nitrogens with one attached hydrogen (secondary N) is 1. The summed E-state index contributed by atoms with van der Waals surface area (Å²) in [6.07, 6.45) is 0. The maximum Gasteiger partial charge on any atom is 0.0490 e. The second-order valence-corrected chi connectivity index (χ2v) is 6.80. The Morgan fingerprint density at radius 3 is 2.38 bits per heavy atom. The van der Waals surface area contributed by atoms with Gasteiger partial charge in [-0.2, -0.15) is 0 Å². The Morgan fingerprint density at radius 2 is 1.67 bits per heavy atom. The normalized spacial score (nSPS) is 12.6. The first-order chi connectivity index (χ1) is 10.0. The fourth-order valence-corrected chi connectivity index (χ4v) is 4.02. The summed E-state index contributed by atoms with van der Waals surface area (Å²) in [7, 11) is 0. The smallest absolute Gasteiger partial charge is 0.0490 e. The van der Waals surface area contributed by atoms with Crippen LogP contribution in [-0.2, 0) is 0 Å². The largest absolute Gasteiger partial charge is 0.378 e. The van der Waals surface area contributed by atoms with Gasteiger partial charge in [0.25, 0.3) is 0 Å². The van der Waals surface area contributed by atoms with Crippen LogP contribution >= 0.6 is 11.3 Å². The Bertz CT molecular complexity index is 762. The second kappa shape index (κ2) is 5.53. The van der Waals surface area contributed by atoms with Gasteiger partial charge < -0.3 is 5.32 Å². The molecule has 0 saturated heterocycles. The van der Waals surface area contributed by atoms with Crippen LogP contribution in [0.3, 0.4) is 0 Å². The molecular weight excluding hydrogens is 274 g/mol. The van der Waals surface area contributed by atoms with Gasteiger partial charge >= 0.3 is 0 Å². The highest BCUT2D eigenvalue weighted by atomic mass is 32.1. The zero-order valence-corrected chi connectivity index (χ0v) is 13.8. The molecule has 0 aliphatic carbocycles. The van der Waals surface area contributed by atoms with E-state index in [2.05, 4.69) is 74.8 Å². The van der Waals surface area contributed by atoms with E-state index in [1.807, 2.05) is 0 Å². The molecule has 0 saturated carbocycles. The summed E-state index contributed by atoms with van der Waals surface area (Å²) in [5.74, 6) is 0. The van der Waals surface area contributed by atoms with Crippen molar-refractivity contribution in [2.75, 3.05) is 5.32 Å². The summed E-state index contributed by atoms with van der Waals surface area (Å²) < 4.78 is 1.34. The third kappa shape index (κ3) is 2.81. The van der Waals surface area contributed by atoms with Gasteiger partial charge in [-0.15, -0.1) is 11.3 Å². The lowest BCUT2D eigenvalue weighted by molar-refractivity contribution is 0.862. The lowest BCUT2D eigenvalue weighted by atomic mass is 9.94. The van der Waals surface area contributed by atoms with Crippen LogP contribution in [0.1, 0.15) is 35.2 Å². The molecule has 1 heterocycles. The molecule has 1 atom stereocenters. The van der Waals surface area contributed by atoms with Crippen molar-refractivity contribution in [2.45, 2.75) is 33.7 Å². The second-order valence-electron chi connectivity index (χ2n) is 5.85. The van der Waals surface area contributed by atoms with Crippen molar-refractivity contribution in [2.24, 2.45) is 0 Å². The van der Waals surface area contributed by atoms with Crippen LogP contribution in [0.4, 0.5) is 5.69 Å². The van der Waals surface area contributed by atoms with Gasteiger partial charge in [-0.05, 0) is 79.4 Å². The molecule has 0 aliphatic rings. The lowest BCUT2D eigenvalue weighted by Crippen LogP contribution is -2.10. The molecule has 0 aliphatic heterocycles. The Kier molecular flexibility index (Phi) is 3.73. The Hall–Kier alpha value is -1.80. The molecule has 1 unspecified atom stereocenters. The molecule has 1 aromatic heterocycles. The average molecular weight is 295 g/mol. The molecule has 0 radical (unpaired) electrons. The highest BCUT2D eigenvalue weighted by Gasteiger charge is 2.12. The van der Waals surface area contributed by atoms with Crippen LogP contribution < -0.4 is 5.32 Å². The van der Waals surface area contributed by atoms with Crippen LogP contribution in [0, 0.1) is 20.8 Å². The van der Waals surface area contributed by atoms with E-state index in [9.17, 15) is 0 Å². The number of hydrogen-bond acceptors (Lipinski definition) is 2. The summed E-state index contributed by atoms with van der Waals surface area (Å²) in [6.45, 7) is 8.81. The van der Waals surface area contributed by atoms with Crippen molar-refractivity contribution >= 4 is 27.1 Å². The molecule has 1 N–H and O–H groups in total. The Balaban J connectivity index is 1.90. The van der Waals surface area contributed by atoms with Gasteiger partial charge in [-0.1, -0.05) is 17.7 Å². The molecule has 3 rings (SSSR count). The molecule has 2 aromatic carbocycles. The Morgan fingerprint density at radius 1 is 0.952 bits per heavy atom. The maximum atomic E-state index is 3.65. The summed E-state index contributed by atoms with van der Waals surface area (Å²) in [4.78, 5) is 0. The van der Waals surface area contributed by atoms with E-state index in [0.29, 0.717) is 6.04 Å².